The van der Waals surface area contributed by atoms with Gasteiger partial charge in [-0.2, -0.15) is 0 Å². The average molecular weight is 801 g/mol. The summed E-state index contributed by atoms with van der Waals surface area (Å²) < 4.78 is 31.0. The number of rotatable bonds is 9. The fourth-order valence-corrected chi connectivity index (χ4v) is 17.6. The number of nitrogens with zero attached hydrogens (tertiary/aromatic N) is 1. The minimum atomic E-state index is -2.99. The predicted molar refractivity (Wildman–Crippen MR) is 218 cm³/mol. The van der Waals surface area contributed by atoms with Gasteiger partial charge in [0.1, 0.15) is 6.10 Å². The molecular formula is C46H76N2O7S. The highest BCUT2D eigenvalue weighted by Crippen LogP contribution is 2.78. The number of aliphatic hydroxyl groups is 1. The molecule has 7 saturated carbocycles. The van der Waals surface area contributed by atoms with E-state index in [2.05, 4.69) is 51.8 Å². The van der Waals surface area contributed by atoms with Crippen LogP contribution in [0.25, 0.3) is 0 Å². The molecule has 7 aliphatic carbocycles. The third-order valence-electron chi connectivity index (χ3n) is 20.5. The number of fused-ring (bicyclic) bond motifs is 7. The Morgan fingerprint density at radius 2 is 1.45 bits per heavy atom. The zero-order valence-electron chi connectivity index (χ0n) is 36.3. The van der Waals surface area contributed by atoms with Gasteiger partial charge in [-0.25, -0.2) is 8.42 Å². The van der Waals surface area contributed by atoms with E-state index in [1.165, 1.54) is 57.8 Å². The largest absolute Gasteiger partial charge is 0.481 e. The molecule has 0 aromatic rings. The lowest BCUT2D eigenvalue weighted by molar-refractivity contribution is -0.250. The number of hydrogen-bond acceptors (Lipinski definition) is 8. The number of carbonyl (C=O) groups is 2. The molecule has 56 heavy (non-hydrogen) atoms. The minimum Gasteiger partial charge on any atom is -0.481 e. The predicted octanol–water partition coefficient (Wildman–Crippen LogP) is 7.35. The number of aliphatic carboxylic acids is 1. The van der Waals surface area contributed by atoms with Crippen LogP contribution in [-0.2, 0) is 24.2 Å². The number of hydrogen-bond donors (Lipinski definition) is 3. The first-order valence-electron chi connectivity index (χ1n) is 22.8. The lowest BCUT2D eigenvalue weighted by atomic mass is 9.32. The molecule has 318 valence electrons. The van der Waals surface area contributed by atoms with E-state index in [9.17, 15) is 28.2 Å². The molecular weight excluding hydrogens is 725 g/mol. The quantitative estimate of drug-likeness (QED) is 0.205. The Kier molecular flexibility index (Phi) is 9.92. The highest BCUT2D eigenvalue weighted by atomic mass is 32.2. The fraction of sp³-hybridized carbons (Fsp3) is 0.957. The van der Waals surface area contributed by atoms with Crippen molar-refractivity contribution in [3.05, 3.63) is 0 Å². The van der Waals surface area contributed by atoms with Gasteiger partial charge in [0.15, 0.2) is 9.84 Å². The third kappa shape index (κ3) is 6.06. The number of carboxylic acid groups (broad SMARTS) is 1. The van der Waals surface area contributed by atoms with Crippen molar-refractivity contribution in [1.82, 2.24) is 10.2 Å². The summed E-state index contributed by atoms with van der Waals surface area (Å²) in [5, 5.41) is 25.0. The SMILES string of the molecule is C[C@H](O)[C@H](CN[C@]12CCC(C3(C)CC3)[C@@H]1[C@H]1CC[C@@H]3[C@@]4(C)CC[C@H](OC(=O)[C@H]5C[C@@H](C(=O)O)C5(C)C)C(C)(C)[C@@H]4CC[C@@]3(C)[C@]1(C)CC2)N1CCS(=O)(=O)CC1. The molecule has 10 heteroatoms. The van der Waals surface area contributed by atoms with Crippen LogP contribution in [0.1, 0.15) is 146 Å². The molecule has 1 aliphatic heterocycles. The second-order valence-electron chi connectivity index (χ2n) is 23.3. The van der Waals surface area contributed by atoms with Gasteiger partial charge in [-0.3, -0.25) is 14.5 Å². The summed E-state index contributed by atoms with van der Waals surface area (Å²) in [6, 6.07) is -0.0903. The lowest BCUT2D eigenvalue weighted by Gasteiger charge is -2.73. The summed E-state index contributed by atoms with van der Waals surface area (Å²) in [5.74, 6) is 1.54. The number of sulfone groups is 1. The number of esters is 1. The monoisotopic (exact) mass is 801 g/mol. The van der Waals surface area contributed by atoms with Crippen molar-refractivity contribution in [1.29, 1.82) is 0 Å². The Balaban J connectivity index is 1.02. The van der Waals surface area contributed by atoms with Gasteiger partial charge in [-0.15, -0.1) is 0 Å². The third-order valence-corrected chi connectivity index (χ3v) is 22.1. The average Bonchev–Trinajstić information content (AvgIpc) is 3.72. The van der Waals surface area contributed by atoms with Gasteiger partial charge in [-0.05, 0) is 147 Å². The van der Waals surface area contributed by atoms with Crippen molar-refractivity contribution in [2.45, 2.75) is 170 Å². The molecule has 0 aromatic heterocycles. The van der Waals surface area contributed by atoms with E-state index in [-0.39, 0.29) is 62.7 Å². The molecule has 14 atom stereocenters. The van der Waals surface area contributed by atoms with Gasteiger partial charge in [-0.1, -0.05) is 55.4 Å². The zero-order valence-corrected chi connectivity index (χ0v) is 37.1. The minimum absolute atomic E-state index is 0.0587. The number of aliphatic hydroxyl groups excluding tert-OH is 1. The summed E-state index contributed by atoms with van der Waals surface area (Å²) in [6.07, 6.45) is 14.1. The van der Waals surface area contributed by atoms with Crippen LogP contribution in [0.3, 0.4) is 0 Å². The lowest BCUT2D eigenvalue weighted by Crippen LogP contribution is -2.69. The van der Waals surface area contributed by atoms with E-state index >= 15 is 0 Å². The standard InChI is InChI=1S/C46H76N2O7S/c1-28(49)33(48-22-24-56(53,54)25-23-48)27-47-46-17-12-29(42(6)18-19-42)37(46)30-10-11-35-43(7)15-14-36(55-39(52)32-26-31(38(50)51)40(32,2)3)41(4,5)34(43)13-16-45(35,9)44(30,8)20-21-46/h28-37,47,49H,10-27H2,1-9H3,(H,50,51)/t28-,29?,30+,31-,32+,33-,34-,35+,36-,37+,43-,44+,45+,46-/m0/s1. The Morgan fingerprint density at radius 1 is 0.768 bits per heavy atom. The van der Waals surface area contributed by atoms with Gasteiger partial charge >= 0.3 is 11.9 Å². The molecule has 8 fully saturated rings. The van der Waals surface area contributed by atoms with Crippen LogP contribution in [0, 0.1) is 73.9 Å². The molecule has 3 N–H and O–H groups in total. The zero-order chi connectivity index (χ0) is 40.6. The van der Waals surface area contributed by atoms with Crippen LogP contribution in [0.4, 0.5) is 0 Å². The van der Waals surface area contributed by atoms with Crippen LogP contribution < -0.4 is 5.32 Å². The van der Waals surface area contributed by atoms with Gasteiger partial charge in [0.2, 0.25) is 0 Å². The van der Waals surface area contributed by atoms with E-state index in [4.69, 9.17) is 4.74 Å². The summed E-state index contributed by atoms with van der Waals surface area (Å²) >= 11 is 0. The van der Waals surface area contributed by atoms with Gasteiger partial charge in [0, 0.05) is 36.6 Å². The van der Waals surface area contributed by atoms with Gasteiger partial charge in [0.05, 0.1) is 29.4 Å². The van der Waals surface area contributed by atoms with Crippen molar-refractivity contribution >= 4 is 21.8 Å². The molecule has 9 nitrogen and oxygen atoms in total. The van der Waals surface area contributed by atoms with Crippen molar-refractivity contribution < 1.29 is 33.0 Å². The van der Waals surface area contributed by atoms with Crippen LogP contribution >= 0.6 is 0 Å². The van der Waals surface area contributed by atoms with E-state index in [0.717, 1.165) is 19.3 Å². The van der Waals surface area contributed by atoms with Gasteiger partial charge < -0.3 is 20.3 Å². The maximum Gasteiger partial charge on any atom is 0.309 e. The molecule has 0 radical (unpaired) electrons. The van der Waals surface area contributed by atoms with E-state index in [1.54, 1.807) is 0 Å². The fourth-order valence-electron chi connectivity index (χ4n) is 16.4. The van der Waals surface area contributed by atoms with Crippen molar-refractivity contribution in [2.75, 3.05) is 31.1 Å². The van der Waals surface area contributed by atoms with Crippen LogP contribution in [0.15, 0.2) is 0 Å². The Bertz CT molecular complexity index is 1680. The van der Waals surface area contributed by atoms with Crippen molar-refractivity contribution in [2.24, 2.45) is 73.9 Å². The van der Waals surface area contributed by atoms with E-state index < -0.39 is 33.2 Å². The highest BCUT2D eigenvalue weighted by Gasteiger charge is 2.72. The van der Waals surface area contributed by atoms with Gasteiger partial charge in [0.25, 0.3) is 0 Å². The molecule has 1 unspecified atom stereocenters. The molecule has 1 heterocycles. The number of ether oxygens (including phenoxy) is 1. The molecule has 0 spiro atoms. The number of carboxylic acids is 1. The van der Waals surface area contributed by atoms with Crippen molar-refractivity contribution in [3.8, 4) is 0 Å². The first-order valence-corrected chi connectivity index (χ1v) is 24.6. The summed E-state index contributed by atoms with van der Waals surface area (Å²) in [4.78, 5) is 27.7. The molecule has 0 amide bonds. The molecule has 0 bridgehead atoms. The van der Waals surface area contributed by atoms with Crippen LogP contribution in [0.5, 0.6) is 0 Å². The second-order valence-corrected chi connectivity index (χ2v) is 25.6. The van der Waals surface area contributed by atoms with E-state index in [1.807, 2.05) is 20.8 Å². The maximum atomic E-state index is 13.7. The summed E-state index contributed by atoms with van der Waals surface area (Å²) in [7, 11) is -2.99. The van der Waals surface area contributed by atoms with Crippen molar-refractivity contribution in [3.63, 3.8) is 0 Å². The summed E-state index contributed by atoms with van der Waals surface area (Å²) in [5.41, 5.74) is 0.343. The topological polar surface area (TPSA) is 133 Å². The molecule has 8 aliphatic rings. The Morgan fingerprint density at radius 3 is 2.05 bits per heavy atom. The molecule has 1 saturated heterocycles. The normalized spacial score (nSPS) is 48.1. The van der Waals surface area contributed by atoms with E-state index in [0.29, 0.717) is 61.1 Å². The number of nitrogens with one attached hydrogen (secondary N) is 1. The smallest absolute Gasteiger partial charge is 0.309 e. The van der Waals surface area contributed by atoms with Crippen LogP contribution in [0.2, 0.25) is 0 Å². The summed E-state index contributed by atoms with van der Waals surface area (Å²) in [6.45, 7) is 22.7. The highest BCUT2D eigenvalue weighted by molar-refractivity contribution is 7.91. The molecule has 8 rings (SSSR count). The Hall–Kier alpha value is -1.23. The first-order chi connectivity index (χ1) is 26.0. The van der Waals surface area contributed by atoms with Crippen LogP contribution in [-0.4, -0.2) is 90.4 Å². The Labute approximate surface area is 338 Å². The maximum absolute atomic E-state index is 13.7. The molecule has 0 aromatic carbocycles. The first kappa shape index (κ1) is 41.5. The number of carbonyl (C=O) groups excluding carboxylic acids is 1. The second kappa shape index (κ2) is 13.4.